The average Bonchev–Trinajstić information content (AvgIpc) is 2.60. The molecule has 6 heteroatoms. The second kappa shape index (κ2) is 4.37. The van der Waals surface area contributed by atoms with Gasteiger partial charge in [-0.3, -0.25) is 0 Å². The van der Waals surface area contributed by atoms with E-state index in [1.54, 1.807) is 13.8 Å². The minimum absolute atomic E-state index is 0.126. The Hall–Kier alpha value is -1.46. The van der Waals surface area contributed by atoms with Gasteiger partial charge in [-0.15, -0.1) is 0 Å². The zero-order valence-electron chi connectivity index (χ0n) is 8.70. The van der Waals surface area contributed by atoms with Gasteiger partial charge in [0.05, 0.1) is 13.4 Å². The molecule has 0 unspecified atom stereocenters. The average molecular weight is 218 g/mol. The van der Waals surface area contributed by atoms with E-state index in [2.05, 4.69) is 9.72 Å². The highest BCUT2D eigenvalue weighted by atomic mass is 19.3. The topological polar surface area (TPSA) is 44.1 Å². The zero-order valence-corrected chi connectivity index (χ0v) is 8.70. The fourth-order valence-corrected chi connectivity index (χ4v) is 1.23. The number of alkyl halides is 2. The Morgan fingerprint density at radius 1 is 1.53 bits per heavy atom. The highest BCUT2D eigenvalue weighted by Crippen LogP contribution is 2.24. The molecular weight excluding hydrogens is 206 g/mol. The molecule has 0 aliphatic rings. The van der Waals surface area contributed by atoms with Crippen LogP contribution in [0.2, 0.25) is 0 Å². The Morgan fingerprint density at radius 3 is 2.53 bits per heavy atom. The molecule has 0 atom stereocenters. The lowest BCUT2D eigenvalue weighted by atomic mass is 10.3. The summed E-state index contributed by atoms with van der Waals surface area (Å²) in [6.07, 6.45) is -1.56. The van der Waals surface area contributed by atoms with Gasteiger partial charge < -0.3 is 9.30 Å². The molecule has 0 saturated heterocycles. The number of carbonyl (C=O) groups excluding carboxylic acids is 1. The van der Waals surface area contributed by atoms with Gasteiger partial charge in [-0.05, 0) is 13.8 Å². The van der Waals surface area contributed by atoms with Gasteiger partial charge in [0.25, 0.3) is 6.43 Å². The van der Waals surface area contributed by atoms with E-state index in [1.807, 2.05) is 0 Å². The van der Waals surface area contributed by atoms with E-state index < -0.39 is 18.1 Å². The van der Waals surface area contributed by atoms with Gasteiger partial charge in [-0.2, -0.15) is 0 Å². The summed E-state index contributed by atoms with van der Waals surface area (Å²) in [7, 11) is 1.15. The van der Waals surface area contributed by atoms with Crippen molar-refractivity contribution in [2.24, 2.45) is 0 Å². The molecule has 1 aromatic rings. The van der Waals surface area contributed by atoms with Crippen molar-refractivity contribution in [1.29, 1.82) is 0 Å². The largest absolute Gasteiger partial charge is 0.464 e. The monoisotopic (exact) mass is 218 g/mol. The number of hydrogen-bond donors (Lipinski definition) is 0. The van der Waals surface area contributed by atoms with Crippen molar-refractivity contribution < 1.29 is 18.3 Å². The maximum absolute atomic E-state index is 12.5. The molecular formula is C9H12F2N2O2. The lowest BCUT2D eigenvalue weighted by Gasteiger charge is -2.10. The molecule has 0 amide bonds. The minimum atomic E-state index is -2.78. The second-order valence-electron chi connectivity index (χ2n) is 3.27. The van der Waals surface area contributed by atoms with Crippen LogP contribution in [0.3, 0.4) is 0 Å². The fraction of sp³-hybridized carbons (Fsp3) is 0.556. The molecule has 0 N–H and O–H groups in total. The summed E-state index contributed by atoms with van der Waals surface area (Å²) in [5.41, 5.74) is -0.710. The van der Waals surface area contributed by atoms with Crippen molar-refractivity contribution in [3.05, 3.63) is 17.7 Å². The number of ether oxygens (including phenoxy) is 1. The summed E-state index contributed by atoms with van der Waals surface area (Å²) in [6, 6.07) is -0.126. The molecule has 15 heavy (non-hydrogen) atoms. The first-order chi connectivity index (χ1) is 6.99. The van der Waals surface area contributed by atoms with Crippen LogP contribution in [0.15, 0.2) is 6.33 Å². The summed E-state index contributed by atoms with van der Waals surface area (Å²) >= 11 is 0. The van der Waals surface area contributed by atoms with Crippen LogP contribution in [0.4, 0.5) is 8.78 Å². The predicted octanol–water partition coefficient (Wildman–Crippen LogP) is 2.19. The third-order valence-electron chi connectivity index (χ3n) is 1.96. The number of halogens is 2. The smallest absolute Gasteiger partial charge is 0.356 e. The number of carbonyl (C=O) groups is 1. The molecule has 0 bridgehead atoms. The number of hydrogen-bond acceptors (Lipinski definition) is 3. The molecule has 4 nitrogen and oxygen atoms in total. The molecule has 0 aromatic carbocycles. The van der Waals surface area contributed by atoms with Crippen molar-refractivity contribution in [2.75, 3.05) is 7.11 Å². The van der Waals surface area contributed by atoms with Crippen molar-refractivity contribution in [3.8, 4) is 0 Å². The Kier molecular flexibility index (Phi) is 3.39. The molecule has 0 aliphatic heterocycles. The summed E-state index contributed by atoms with van der Waals surface area (Å²) < 4.78 is 30.8. The van der Waals surface area contributed by atoms with Gasteiger partial charge in [-0.25, -0.2) is 18.6 Å². The summed E-state index contributed by atoms with van der Waals surface area (Å²) in [6.45, 7) is 3.53. The number of methoxy groups -OCH3 is 1. The van der Waals surface area contributed by atoms with Gasteiger partial charge in [-0.1, -0.05) is 0 Å². The first-order valence-corrected chi connectivity index (χ1v) is 4.42. The van der Waals surface area contributed by atoms with E-state index in [4.69, 9.17) is 0 Å². The standard InChI is InChI=1S/C9H12F2N2O2/c1-5(2)13-4-12-6(8(10)11)7(13)9(14)15-3/h4-5,8H,1-3H3. The lowest BCUT2D eigenvalue weighted by molar-refractivity contribution is 0.0573. The second-order valence-corrected chi connectivity index (χ2v) is 3.27. The fourth-order valence-electron chi connectivity index (χ4n) is 1.23. The molecule has 1 heterocycles. The van der Waals surface area contributed by atoms with Crippen LogP contribution < -0.4 is 0 Å². The van der Waals surface area contributed by atoms with Crippen LogP contribution in [0.25, 0.3) is 0 Å². The van der Waals surface area contributed by atoms with Crippen LogP contribution >= 0.6 is 0 Å². The number of esters is 1. The Morgan fingerprint density at radius 2 is 2.13 bits per heavy atom. The maximum atomic E-state index is 12.5. The highest BCUT2D eigenvalue weighted by Gasteiger charge is 2.26. The molecule has 1 rings (SSSR count). The van der Waals surface area contributed by atoms with Crippen LogP contribution in [-0.2, 0) is 4.74 Å². The van der Waals surface area contributed by atoms with Crippen LogP contribution in [-0.4, -0.2) is 22.6 Å². The van der Waals surface area contributed by atoms with E-state index in [0.29, 0.717) is 0 Å². The van der Waals surface area contributed by atoms with Gasteiger partial charge in [0.1, 0.15) is 5.69 Å². The third-order valence-corrected chi connectivity index (χ3v) is 1.96. The number of aromatic nitrogens is 2. The van der Waals surface area contributed by atoms with E-state index >= 15 is 0 Å². The highest BCUT2D eigenvalue weighted by molar-refractivity contribution is 5.88. The van der Waals surface area contributed by atoms with E-state index in [-0.39, 0.29) is 11.7 Å². The third kappa shape index (κ3) is 2.14. The number of rotatable bonds is 3. The van der Waals surface area contributed by atoms with E-state index in [9.17, 15) is 13.6 Å². The Bertz CT molecular complexity index is 335. The first-order valence-electron chi connectivity index (χ1n) is 4.42. The Balaban J connectivity index is 3.26. The van der Waals surface area contributed by atoms with E-state index in [0.717, 1.165) is 7.11 Å². The predicted molar refractivity (Wildman–Crippen MR) is 48.9 cm³/mol. The van der Waals surface area contributed by atoms with Crippen LogP contribution in [0.1, 0.15) is 42.5 Å². The normalized spacial score (nSPS) is 11.1. The molecule has 0 fully saturated rings. The molecule has 0 spiro atoms. The number of nitrogens with zero attached hydrogens (tertiary/aromatic N) is 2. The summed E-state index contributed by atoms with van der Waals surface area (Å²) in [5, 5.41) is 0. The van der Waals surface area contributed by atoms with Gasteiger partial charge in [0.15, 0.2) is 5.69 Å². The zero-order chi connectivity index (χ0) is 11.6. The van der Waals surface area contributed by atoms with Crippen LogP contribution in [0, 0.1) is 0 Å². The van der Waals surface area contributed by atoms with Crippen LogP contribution in [0.5, 0.6) is 0 Å². The lowest BCUT2D eigenvalue weighted by Crippen LogP contribution is -2.14. The van der Waals surface area contributed by atoms with Crippen molar-refractivity contribution >= 4 is 5.97 Å². The van der Waals surface area contributed by atoms with Crippen molar-refractivity contribution in [3.63, 3.8) is 0 Å². The van der Waals surface area contributed by atoms with Crippen molar-refractivity contribution in [2.45, 2.75) is 26.3 Å². The Labute approximate surface area is 85.9 Å². The molecule has 0 aliphatic carbocycles. The maximum Gasteiger partial charge on any atom is 0.356 e. The summed E-state index contributed by atoms with van der Waals surface area (Å²) in [4.78, 5) is 14.8. The summed E-state index contributed by atoms with van der Waals surface area (Å²) in [5.74, 6) is -0.795. The van der Waals surface area contributed by atoms with Gasteiger partial charge in [0.2, 0.25) is 0 Å². The molecule has 0 saturated carbocycles. The van der Waals surface area contributed by atoms with Gasteiger partial charge >= 0.3 is 5.97 Å². The molecule has 1 aromatic heterocycles. The molecule has 0 radical (unpaired) electrons. The van der Waals surface area contributed by atoms with Crippen molar-refractivity contribution in [1.82, 2.24) is 9.55 Å². The quantitative estimate of drug-likeness (QED) is 0.730. The molecule has 84 valence electrons. The first kappa shape index (κ1) is 11.6. The minimum Gasteiger partial charge on any atom is -0.464 e. The SMILES string of the molecule is COC(=O)c1c(C(F)F)ncn1C(C)C. The number of imidazole rings is 1. The van der Waals surface area contributed by atoms with E-state index in [1.165, 1.54) is 10.9 Å². The van der Waals surface area contributed by atoms with Gasteiger partial charge in [0, 0.05) is 6.04 Å².